The Kier molecular flexibility index (Phi) is 2.97. The van der Waals surface area contributed by atoms with Crippen LogP contribution in [-0.4, -0.2) is 29.6 Å². The maximum atomic E-state index is 12.1. The highest BCUT2D eigenvalue weighted by Crippen LogP contribution is 2.20. The van der Waals surface area contributed by atoms with Crippen molar-refractivity contribution in [2.75, 3.05) is 0 Å². The van der Waals surface area contributed by atoms with Gasteiger partial charge in [-0.05, 0) is 36.4 Å². The van der Waals surface area contributed by atoms with Gasteiger partial charge < -0.3 is 10.1 Å². The Bertz CT molecular complexity index is 1010. The van der Waals surface area contributed by atoms with Crippen molar-refractivity contribution in [3.63, 3.8) is 0 Å². The summed E-state index contributed by atoms with van der Waals surface area (Å²) in [6.45, 7) is 0.388. The van der Waals surface area contributed by atoms with E-state index in [1.165, 1.54) is 4.57 Å². The van der Waals surface area contributed by atoms with Crippen LogP contribution >= 0.6 is 0 Å². The summed E-state index contributed by atoms with van der Waals surface area (Å²) in [4.78, 5) is 26.7. The number of hydrogen-bond acceptors (Lipinski definition) is 4. The van der Waals surface area contributed by atoms with Crippen LogP contribution in [0.4, 0.5) is 0 Å². The van der Waals surface area contributed by atoms with E-state index in [1.807, 2.05) is 18.3 Å². The molecule has 0 aliphatic rings. The predicted molar refractivity (Wildman–Crippen MR) is 85.1 cm³/mol. The average molecular weight is 307 g/mol. The molecule has 0 atom stereocenters. The Morgan fingerprint density at radius 3 is 2.74 bits per heavy atom. The monoisotopic (exact) mass is 307 g/mol. The minimum Gasteiger partial charge on any atom is -0.508 e. The van der Waals surface area contributed by atoms with E-state index in [4.69, 9.17) is 0 Å². The molecule has 0 unspecified atom stereocenters. The van der Waals surface area contributed by atoms with E-state index in [9.17, 15) is 9.90 Å². The normalized spacial score (nSPS) is 11.1. The van der Waals surface area contributed by atoms with E-state index >= 15 is 0 Å². The Hall–Kier alpha value is -3.35. The van der Waals surface area contributed by atoms with Gasteiger partial charge in [0.2, 0.25) is 0 Å². The van der Waals surface area contributed by atoms with E-state index < -0.39 is 0 Å². The molecule has 4 aromatic rings. The highest BCUT2D eigenvalue weighted by atomic mass is 16.3. The van der Waals surface area contributed by atoms with Gasteiger partial charge >= 0.3 is 5.69 Å². The second kappa shape index (κ2) is 5.13. The topological polar surface area (TPSA) is 99.6 Å². The van der Waals surface area contributed by atoms with Gasteiger partial charge in [0.1, 0.15) is 5.75 Å². The van der Waals surface area contributed by atoms with Crippen molar-refractivity contribution in [3.8, 4) is 17.0 Å². The molecule has 0 aliphatic heterocycles. The number of aromatic hydroxyl groups is 1. The fourth-order valence-electron chi connectivity index (χ4n) is 2.47. The summed E-state index contributed by atoms with van der Waals surface area (Å²) in [5.74, 6) is 0.188. The molecule has 0 amide bonds. The molecule has 4 rings (SSSR count). The average Bonchev–Trinajstić information content (AvgIpc) is 3.17. The number of aromatic amines is 2. The van der Waals surface area contributed by atoms with Crippen LogP contribution < -0.4 is 5.69 Å². The van der Waals surface area contributed by atoms with Gasteiger partial charge in [0, 0.05) is 17.5 Å². The third kappa shape index (κ3) is 2.38. The largest absolute Gasteiger partial charge is 0.508 e. The first-order valence-electron chi connectivity index (χ1n) is 7.08. The Labute approximate surface area is 130 Å². The Morgan fingerprint density at radius 1 is 1.17 bits per heavy atom. The molecular formula is C16H13N5O2. The quantitative estimate of drug-likeness (QED) is 0.538. The zero-order valence-corrected chi connectivity index (χ0v) is 12.0. The number of nitrogens with zero attached hydrogens (tertiary/aromatic N) is 3. The van der Waals surface area contributed by atoms with Gasteiger partial charge in [0.25, 0.3) is 0 Å². The van der Waals surface area contributed by atoms with Gasteiger partial charge in [-0.3, -0.25) is 9.55 Å². The molecule has 0 saturated carbocycles. The Morgan fingerprint density at radius 2 is 2.00 bits per heavy atom. The minimum absolute atomic E-state index is 0.188. The van der Waals surface area contributed by atoms with Gasteiger partial charge in [0.15, 0.2) is 11.3 Å². The van der Waals surface area contributed by atoms with Crippen LogP contribution in [0.1, 0.15) is 5.69 Å². The highest BCUT2D eigenvalue weighted by Gasteiger charge is 2.12. The first-order chi connectivity index (χ1) is 11.2. The summed E-state index contributed by atoms with van der Waals surface area (Å²) in [6, 6.07) is 10.5. The summed E-state index contributed by atoms with van der Waals surface area (Å²) >= 11 is 0. The molecule has 0 bridgehead atoms. The van der Waals surface area contributed by atoms with Crippen molar-refractivity contribution < 1.29 is 5.11 Å². The number of rotatable bonds is 3. The van der Waals surface area contributed by atoms with Crippen molar-refractivity contribution in [1.29, 1.82) is 0 Å². The van der Waals surface area contributed by atoms with Crippen molar-refractivity contribution in [3.05, 3.63) is 65.0 Å². The van der Waals surface area contributed by atoms with Crippen molar-refractivity contribution in [2.24, 2.45) is 0 Å². The molecule has 7 nitrogen and oxygen atoms in total. The summed E-state index contributed by atoms with van der Waals surface area (Å²) in [5.41, 5.74) is 3.05. The van der Waals surface area contributed by atoms with Crippen LogP contribution in [0, 0.1) is 0 Å². The number of aromatic nitrogens is 5. The first kappa shape index (κ1) is 13.3. The second-order valence-corrected chi connectivity index (χ2v) is 5.19. The number of H-pyrrole nitrogens is 2. The Balaban J connectivity index is 1.84. The molecule has 0 spiro atoms. The molecule has 3 N–H and O–H groups in total. The fraction of sp³-hybridized carbons (Fsp3) is 0.0625. The van der Waals surface area contributed by atoms with Crippen LogP contribution in [0.15, 0.2) is 53.6 Å². The van der Waals surface area contributed by atoms with Crippen molar-refractivity contribution in [2.45, 2.75) is 6.54 Å². The molecule has 3 aromatic heterocycles. The minimum atomic E-state index is -0.252. The van der Waals surface area contributed by atoms with Gasteiger partial charge in [-0.2, -0.15) is 0 Å². The van der Waals surface area contributed by atoms with Gasteiger partial charge in [-0.25, -0.2) is 14.8 Å². The molecular weight excluding hydrogens is 294 g/mol. The number of fused-ring (bicyclic) bond motifs is 1. The van der Waals surface area contributed by atoms with E-state index in [0.29, 0.717) is 23.5 Å². The van der Waals surface area contributed by atoms with E-state index in [1.54, 1.807) is 30.5 Å². The molecule has 0 saturated heterocycles. The maximum Gasteiger partial charge on any atom is 0.329 e. The van der Waals surface area contributed by atoms with Crippen LogP contribution in [0.2, 0.25) is 0 Å². The molecule has 1 aromatic carbocycles. The third-order valence-corrected chi connectivity index (χ3v) is 3.63. The van der Waals surface area contributed by atoms with Gasteiger partial charge in [0.05, 0.1) is 18.4 Å². The van der Waals surface area contributed by atoms with Crippen LogP contribution in [0.3, 0.4) is 0 Å². The molecule has 3 heterocycles. The standard InChI is InChI=1S/C16H13N5O2/c22-12-5-3-10(4-6-12)13-8-18-14-15(19-13)21(16(23)20-14)9-11-2-1-7-17-11/h1-8,17,22H,9H2,(H,18,20,23). The maximum absolute atomic E-state index is 12.1. The van der Waals surface area contributed by atoms with Crippen LogP contribution in [0.5, 0.6) is 5.75 Å². The lowest BCUT2D eigenvalue weighted by Crippen LogP contribution is -2.17. The van der Waals surface area contributed by atoms with Gasteiger partial charge in [-0.15, -0.1) is 0 Å². The van der Waals surface area contributed by atoms with Gasteiger partial charge in [-0.1, -0.05) is 0 Å². The van der Waals surface area contributed by atoms with Crippen LogP contribution in [-0.2, 0) is 6.54 Å². The number of phenolic OH excluding ortho intramolecular Hbond substituents is 1. The fourth-order valence-corrected chi connectivity index (χ4v) is 2.47. The number of hydrogen-bond donors (Lipinski definition) is 3. The smallest absolute Gasteiger partial charge is 0.329 e. The first-order valence-corrected chi connectivity index (χ1v) is 7.08. The van der Waals surface area contributed by atoms with E-state index in [0.717, 1.165) is 11.3 Å². The highest BCUT2D eigenvalue weighted by molar-refractivity contribution is 5.71. The van der Waals surface area contributed by atoms with E-state index in [-0.39, 0.29) is 11.4 Å². The summed E-state index contributed by atoms with van der Waals surface area (Å²) in [5, 5.41) is 9.38. The van der Waals surface area contributed by atoms with Crippen LogP contribution in [0.25, 0.3) is 22.6 Å². The lowest BCUT2D eigenvalue weighted by molar-refractivity contribution is 0.475. The molecule has 0 radical (unpaired) electrons. The van der Waals surface area contributed by atoms with Crippen molar-refractivity contribution >= 4 is 11.3 Å². The SMILES string of the molecule is O=c1[nH]c2ncc(-c3ccc(O)cc3)nc2n1Cc1ccc[nH]1. The zero-order valence-electron chi connectivity index (χ0n) is 12.0. The zero-order chi connectivity index (χ0) is 15.8. The number of imidazole rings is 1. The molecule has 7 heteroatoms. The van der Waals surface area contributed by atoms with Crippen molar-refractivity contribution in [1.82, 2.24) is 24.5 Å². The molecule has 114 valence electrons. The summed E-state index contributed by atoms with van der Waals surface area (Å²) in [6.07, 6.45) is 3.41. The molecule has 23 heavy (non-hydrogen) atoms. The number of phenols is 1. The second-order valence-electron chi connectivity index (χ2n) is 5.19. The lowest BCUT2D eigenvalue weighted by atomic mass is 10.1. The third-order valence-electron chi connectivity index (χ3n) is 3.63. The summed E-state index contributed by atoms with van der Waals surface area (Å²) < 4.78 is 1.54. The molecule has 0 aliphatic carbocycles. The predicted octanol–water partition coefficient (Wildman–Crippen LogP) is 1.87. The molecule has 0 fully saturated rings. The number of benzene rings is 1. The number of nitrogens with one attached hydrogen (secondary N) is 2. The lowest BCUT2D eigenvalue weighted by Gasteiger charge is -2.03. The summed E-state index contributed by atoms with van der Waals surface area (Å²) in [7, 11) is 0. The van der Waals surface area contributed by atoms with E-state index in [2.05, 4.69) is 19.9 Å².